The minimum atomic E-state index is -0.0149. The fraction of sp³-hybridized carbons (Fsp3) is 0.526. The van der Waals surface area contributed by atoms with E-state index in [2.05, 4.69) is 22.4 Å². The molecule has 5 heteroatoms. The molecule has 0 radical (unpaired) electrons. The van der Waals surface area contributed by atoms with Crippen LogP contribution in [0.3, 0.4) is 0 Å². The molecule has 5 nitrogen and oxygen atoms in total. The topological polar surface area (TPSA) is 68.0 Å². The maximum atomic E-state index is 12.3. The van der Waals surface area contributed by atoms with Gasteiger partial charge in [0.2, 0.25) is 0 Å². The van der Waals surface area contributed by atoms with E-state index in [-0.39, 0.29) is 11.3 Å². The van der Waals surface area contributed by atoms with Crippen LogP contribution in [0.15, 0.2) is 28.8 Å². The molecule has 1 heterocycles. The van der Waals surface area contributed by atoms with Crippen molar-refractivity contribution in [3.05, 3.63) is 35.7 Å². The Bertz CT molecular complexity index is 725. The molecule has 2 aliphatic carbocycles. The first-order valence-electron chi connectivity index (χ1n) is 8.85. The third-order valence-electron chi connectivity index (χ3n) is 5.26. The Morgan fingerprint density at radius 3 is 2.62 bits per heavy atom. The van der Waals surface area contributed by atoms with Crippen LogP contribution in [0.5, 0.6) is 0 Å². The fourth-order valence-electron chi connectivity index (χ4n) is 3.42. The number of benzene rings is 1. The molecular weight excluding hydrogens is 302 g/mol. The third kappa shape index (κ3) is 3.21. The lowest BCUT2D eigenvalue weighted by Gasteiger charge is -2.23. The standard InChI is InChI=1S/C19H23N3O2/c1-19(10-2-3-11-19)12-20-17(23)14-6-8-15(9-7-14)18-21-16(22-24-18)13-4-5-13/h6-9,13H,2-5,10-12H2,1H3,(H,20,23). The largest absolute Gasteiger partial charge is 0.351 e. The molecule has 4 rings (SSSR count). The lowest BCUT2D eigenvalue weighted by Crippen LogP contribution is -2.34. The van der Waals surface area contributed by atoms with Gasteiger partial charge in [0.1, 0.15) is 0 Å². The molecule has 0 spiro atoms. The van der Waals surface area contributed by atoms with Crippen molar-refractivity contribution >= 4 is 5.91 Å². The Balaban J connectivity index is 1.39. The SMILES string of the molecule is CC1(CNC(=O)c2ccc(-c3nc(C4CC4)no3)cc2)CCCC1. The number of nitrogens with one attached hydrogen (secondary N) is 1. The van der Waals surface area contributed by atoms with Crippen LogP contribution in [0.2, 0.25) is 0 Å². The van der Waals surface area contributed by atoms with Crippen molar-refractivity contribution in [2.75, 3.05) is 6.54 Å². The predicted octanol–water partition coefficient (Wildman–Crippen LogP) is 3.92. The molecule has 2 fully saturated rings. The van der Waals surface area contributed by atoms with Crippen LogP contribution in [0.4, 0.5) is 0 Å². The summed E-state index contributed by atoms with van der Waals surface area (Å²) in [5.41, 5.74) is 1.79. The van der Waals surface area contributed by atoms with Crippen molar-refractivity contribution in [2.24, 2.45) is 5.41 Å². The van der Waals surface area contributed by atoms with Crippen molar-refractivity contribution in [2.45, 2.75) is 51.4 Å². The predicted molar refractivity (Wildman–Crippen MR) is 90.6 cm³/mol. The summed E-state index contributed by atoms with van der Waals surface area (Å²) < 4.78 is 5.32. The van der Waals surface area contributed by atoms with E-state index in [4.69, 9.17) is 4.52 Å². The maximum absolute atomic E-state index is 12.3. The van der Waals surface area contributed by atoms with Gasteiger partial charge in [-0.15, -0.1) is 0 Å². The number of amides is 1. The van der Waals surface area contributed by atoms with Gasteiger partial charge in [-0.05, 0) is 55.4 Å². The highest BCUT2D eigenvalue weighted by molar-refractivity contribution is 5.94. The highest BCUT2D eigenvalue weighted by Gasteiger charge is 2.30. The van der Waals surface area contributed by atoms with E-state index in [0.29, 0.717) is 17.4 Å². The molecule has 0 unspecified atom stereocenters. The van der Waals surface area contributed by atoms with E-state index in [9.17, 15) is 4.79 Å². The molecule has 0 bridgehead atoms. The summed E-state index contributed by atoms with van der Waals surface area (Å²) in [7, 11) is 0. The highest BCUT2D eigenvalue weighted by atomic mass is 16.5. The number of hydrogen-bond donors (Lipinski definition) is 1. The Labute approximate surface area is 141 Å². The van der Waals surface area contributed by atoms with Crippen LogP contribution < -0.4 is 5.32 Å². The van der Waals surface area contributed by atoms with Crippen LogP contribution in [0.25, 0.3) is 11.5 Å². The number of carbonyl (C=O) groups excluding carboxylic acids is 1. The van der Waals surface area contributed by atoms with Gasteiger partial charge in [0.25, 0.3) is 11.8 Å². The number of hydrogen-bond acceptors (Lipinski definition) is 4. The smallest absolute Gasteiger partial charge is 0.257 e. The molecule has 1 aromatic heterocycles. The average molecular weight is 325 g/mol. The molecule has 24 heavy (non-hydrogen) atoms. The first kappa shape index (κ1) is 15.4. The van der Waals surface area contributed by atoms with E-state index >= 15 is 0 Å². The molecule has 1 amide bonds. The van der Waals surface area contributed by atoms with Crippen LogP contribution in [-0.2, 0) is 0 Å². The normalized spacial score (nSPS) is 19.4. The number of rotatable bonds is 5. The summed E-state index contributed by atoms with van der Waals surface area (Å²) in [6.45, 7) is 3.01. The van der Waals surface area contributed by atoms with Crippen LogP contribution in [-0.4, -0.2) is 22.6 Å². The number of carbonyl (C=O) groups is 1. The Kier molecular flexibility index (Phi) is 3.87. The Hall–Kier alpha value is -2.17. The van der Waals surface area contributed by atoms with Gasteiger partial charge in [0, 0.05) is 23.6 Å². The molecule has 0 aliphatic heterocycles. The average Bonchev–Trinajstić information content (AvgIpc) is 3.17. The first-order chi connectivity index (χ1) is 11.6. The second-order valence-corrected chi connectivity index (χ2v) is 7.51. The molecule has 1 N–H and O–H groups in total. The lowest BCUT2D eigenvalue weighted by atomic mass is 9.89. The van der Waals surface area contributed by atoms with Gasteiger partial charge in [-0.1, -0.05) is 24.9 Å². The fourth-order valence-corrected chi connectivity index (χ4v) is 3.42. The zero-order chi connectivity index (χ0) is 16.6. The molecule has 2 aromatic rings. The van der Waals surface area contributed by atoms with Gasteiger partial charge in [-0.25, -0.2) is 0 Å². The molecule has 2 saturated carbocycles. The van der Waals surface area contributed by atoms with Gasteiger partial charge in [0.05, 0.1) is 0 Å². The summed E-state index contributed by atoms with van der Waals surface area (Å²) in [6, 6.07) is 7.39. The van der Waals surface area contributed by atoms with Crippen molar-refractivity contribution in [1.29, 1.82) is 0 Å². The van der Waals surface area contributed by atoms with Crippen molar-refractivity contribution in [1.82, 2.24) is 15.5 Å². The van der Waals surface area contributed by atoms with E-state index in [1.54, 1.807) is 0 Å². The van der Waals surface area contributed by atoms with Crippen LogP contribution >= 0.6 is 0 Å². The van der Waals surface area contributed by atoms with Gasteiger partial charge in [-0.2, -0.15) is 4.98 Å². The van der Waals surface area contributed by atoms with Gasteiger partial charge in [-0.3, -0.25) is 4.79 Å². The first-order valence-corrected chi connectivity index (χ1v) is 8.85. The molecule has 0 atom stereocenters. The Morgan fingerprint density at radius 2 is 1.96 bits per heavy atom. The molecule has 2 aliphatic rings. The Morgan fingerprint density at radius 1 is 1.25 bits per heavy atom. The van der Waals surface area contributed by atoms with E-state index in [1.807, 2.05) is 24.3 Å². The third-order valence-corrected chi connectivity index (χ3v) is 5.26. The number of aromatic nitrogens is 2. The summed E-state index contributed by atoms with van der Waals surface area (Å²) in [6.07, 6.45) is 7.25. The summed E-state index contributed by atoms with van der Waals surface area (Å²) in [4.78, 5) is 16.8. The highest BCUT2D eigenvalue weighted by Crippen LogP contribution is 2.39. The van der Waals surface area contributed by atoms with Crippen LogP contribution in [0.1, 0.15) is 67.5 Å². The zero-order valence-corrected chi connectivity index (χ0v) is 14.0. The molecule has 1 aromatic carbocycles. The summed E-state index contributed by atoms with van der Waals surface area (Å²) in [5.74, 6) is 1.79. The van der Waals surface area contributed by atoms with Crippen molar-refractivity contribution in [3.63, 3.8) is 0 Å². The van der Waals surface area contributed by atoms with Crippen LogP contribution in [0, 0.1) is 5.41 Å². The summed E-state index contributed by atoms with van der Waals surface area (Å²) >= 11 is 0. The van der Waals surface area contributed by atoms with E-state index in [0.717, 1.165) is 30.8 Å². The van der Waals surface area contributed by atoms with E-state index in [1.165, 1.54) is 25.7 Å². The van der Waals surface area contributed by atoms with Gasteiger partial charge in [0.15, 0.2) is 5.82 Å². The molecule has 126 valence electrons. The zero-order valence-electron chi connectivity index (χ0n) is 14.0. The van der Waals surface area contributed by atoms with Crippen molar-refractivity contribution in [3.8, 4) is 11.5 Å². The van der Waals surface area contributed by atoms with Gasteiger partial charge >= 0.3 is 0 Å². The quantitative estimate of drug-likeness (QED) is 0.904. The second-order valence-electron chi connectivity index (χ2n) is 7.51. The maximum Gasteiger partial charge on any atom is 0.257 e. The minimum Gasteiger partial charge on any atom is -0.351 e. The lowest BCUT2D eigenvalue weighted by molar-refractivity contribution is 0.0934. The van der Waals surface area contributed by atoms with E-state index < -0.39 is 0 Å². The van der Waals surface area contributed by atoms with Gasteiger partial charge < -0.3 is 9.84 Å². The van der Waals surface area contributed by atoms with Crippen molar-refractivity contribution < 1.29 is 9.32 Å². The molecular formula is C19H23N3O2. The minimum absolute atomic E-state index is 0.0149. The monoisotopic (exact) mass is 325 g/mol. The summed E-state index contributed by atoms with van der Waals surface area (Å²) in [5, 5.41) is 7.11. The second kappa shape index (κ2) is 6.04. The molecule has 0 saturated heterocycles. The number of nitrogens with zero attached hydrogens (tertiary/aromatic N) is 2.